The predicted molar refractivity (Wildman–Crippen MR) is 81.6 cm³/mol. The van der Waals surface area contributed by atoms with Gasteiger partial charge in [-0.2, -0.15) is 0 Å². The van der Waals surface area contributed by atoms with Crippen LogP contribution in [0.3, 0.4) is 0 Å². The summed E-state index contributed by atoms with van der Waals surface area (Å²) in [6, 6.07) is 4.97. The summed E-state index contributed by atoms with van der Waals surface area (Å²) in [5.74, 6) is -0.267. The molecule has 1 heterocycles. The molecule has 1 aliphatic rings. The monoisotopic (exact) mass is 310 g/mol. The number of halogens is 1. The third-order valence-corrected chi connectivity index (χ3v) is 3.94. The zero-order chi connectivity index (χ0) is 15.6. The maximum absolute atomic E-state index is 12.6. The zero-order valence-corrected chi connectivity index (χ0v) is 13.2. The predicted octanol–water partition coefficient (Wildman–Crippen LogP) is 1.86. The van der Waals surface area contributed by atoms with E-state index in [1.807, 2.05) is 13.0 Å². The number of aryl methyl sites for hydroxylation is 1. The lowest BCUT2D eigenvalue weighted by Gasteiger charge is -2.39. The highest BCUT2D eigenvalue weighted by Crippen LogP contribution is 2.27. The van der Waals surface area contributed by atoms with E-state index in [1.165, 1.54) is 7.11 Å². The van der Waals surface area contributed by atoms with Gasteiger partial charge >= 0.3 is 0 Å². The molecule has 1 unspecified atom stereocenters. The first-order chi connectivity index (χ1) is 9.95. The quantitative estimate of drug-likeness (QED) is 0.856. The van der Waals surface area contributed by atoms with E-state index in [-0.39, 0.29) is 18.4 Å². The molecule has 1 aromatic rings. The SMILES string of the molecule is COCC(=O)N1CCN(c2cc(Cl)ccc2C)C(=O)C1C. The lowest BCUT2D eigenvalue weighted by atomic mass is 10.1. The van der Waals surface area contributed by atoms with Crippen LogP contribution in [0, 0.1) is 6.92 Å². The van der Waals surface area contributed by atoms with Crippen molar-refractivity contribution in [1.29, 1.82) is 0 Å². The Labute approximate surface area is 129 Å². The average Bonchev–Trinajstić information content (AvgIpc) is 2.45. The van der Waals surface area contributed by atoms with Crippen LogP contribution in [0.25, 0.3) is 0 Å². The number of nitrogens with zero attached hydrogens (tertiary/aromatic N) is 2. The van der Waals surface area contributed by atoms with Gasteiger partial charge in [0.15, 0.2) is 0 Å². The molecule has 0 spiro atoms. The van der Waals surface area contributed by atoms with Gasteiger partial charge in [0.25, 0.3) is 0 Å². The van der Waals surface area contributed by atoms with Crippen LogP contribution in [0.2, 0.25) is 5.02 Å². The standard InChI is InChI=1S/C15H19ClN2O3/c1-10-4-5-12(16)8-13(10)18-7-6-17(11(2)15(18)20)14(19)9-21-3/h4-5,8,11H,6-7,9H2,1-3H3. The number of piperazine rings is 1. The van der Waals surface area contributed by atoms with Crippen LogP contribution < -0.4 is 4.90 Å². The molecule has 1 aromatic carbocycles. The molecule has 0 radical (unpaired) electrons. The lowest BCUT2D eigenvalue weighted by Crippen LogP contribution is -2.58. The Hall–Kier alpha value is -1.59. The fraction of sp³-hybridized carbons (Fsp3) is 0.467. The van der Waals surface area contributed by atoms with Crippen molar-refractivity contribution >= 4 is 29.1 Å². The summed E-state index contributed by atoms with van der Waals surface area (Å²) in [5, 5.41) is 0.592. The second-order valence-corrected chi connectivity index (χ2v) is 5.55. The van der Waals surface area contributed by atoms with Crippen molar-refractivity contribution in [3.63, 3.8) is 0 Å². The minimum Gasteiger partial charge on any atom is -0.375 e. The zero-order valence-electron chi connectivity index (χ0n) is 12.4. The molecule has 0 saturated carbocycles. The van der Waals surface area contributed by atoms with Gasteiger partial charge in [-0.15, -0.1) is 0 Å². The summed E-state index contributed by atoms with van der Waals surface area (Å²) in [6.45, 7) is 4.61. The van der Waals surface area contributed by atoms with Crippen molar-refractivity contribution in [1.82, 2.24) is 4.90 Å². The third kappa shape index (κ3) is 3.19. The Balaban J connectivity index is 2.21. The maximum Gasteiger partial charge on any atom is 0.249 e. The van der Waals surface area contributed by atoms with Gasteiger partial charge in [0, 0.05) is 30.9 Å². The molecule has 6 heteroatoms. The van der Waals surface area contributed by atoms with Crippen LogP contribution in [0.5, 0.6) is 0 Å². The fourth-order valence-corrected chi connectivity index (χ4v) is 2.70. The molecule has 2 rings (SSSR count). The van der Waals surface area contributed by atoms with Crippen LogP contribution in [-0.4, -0.2) is 49.6 Å². The first-order valence-electron chi connectivity index (χ1n) is 6.81. The number of benzene rings is 1. The van der Waals surface area contributed by atoms with Gasteiger partial charge < -0.3 is 14.5 Å². The molecular weight excluding hydrogens is 292 g/mol. The van der Waals surface area contributed by atoms with Gasteiger partial charge in [-0.05, 0) is 31.5 Å². The summed E-state index contributed by atoms with van der Waals surface area (Å²) in [6.07, 6.45) is 0. The van der Waals surface area contributed by atoms with Gasteiger partial charge in [-0.3, -0.25) is 9.59 Å². The Morgan fingerprint density at radius 2 is 2.14 bits per heavy atom. The van der Waals surface area contributed by atoms with Crippen molar-refractivity contribution in [2.45, 2.75) is 19.9 Å². The molecular formula is C15H19ClN2O3. The fourth-order valence-electron chi connectivity index (χ4n) is 2.53. The van der Waals surface area contributed by atoms with Gasteiger partial charge in [0.1, 0.15) is 12.6 Å². The Kier molecular flexibility index (Phi) is 4.85. The van der Waals surface area contributed by atoms with E-state index in [4.69, 9.17) is 16.3 Å². The Morgan fingerprint density at radius 3 is 2.81 bits per heavy atom. The molecule has 0 aromatic heterocycles. The number of methoxy groups -OCH3 is 1. The van der Waals surface area contributed by atoms with Crippen molar-refractivity contribution in [3.05, 3.63) is 28.8 Å². The number of carbonyl (C=O) groups is 2. The lowest BCUT2D eigenvalue weighted by molar-refractivity contribution is -0.143. The molecule has 0 N–H and O–H groups in total. The summed E-state index contributed by atoms with van der Waals surface area (Å²) < 4.78 is 4.85. The van der Waals surface area contributed by atoms with Gasteiger partial charge in [-0.1, -0.05) is 17.7 Å². The molecule has 114 valence electrons. The maximum atomic E-state index is 12.6. The second-order valence-electron chi connectivity index (χ2n) is 5.12. The molecule has 0 aliphatic carbocycles. The normalized spacial score (nSPS) is 19.0. The first-order valence-corrected chi connectivity index (χ1v) is 7.19. The van der Waals surface area contributed by atoms with Crippen molar-refractivity contribution in [2.24, 2.45) is 0 Å². The number of rotatable bonds is 3. The number of hydrogen-bond donors (Lipinski definition) is 0. The highest BCUT2D eigenvalue weighted by molar-refractivity contribution is 6.31. The summed E-state index contributed by atoms with van der Waals surface area (Å²) in [4.78, 5) is 27.7. The van der Waals surface area contributed by atoms with E-state index in [0.717, 1.165) is 11.3 Å². The molecule has 1 saturated heterocycles. The van der Waals surface area contributed by atoms with Gasteiger partial charge in [0.2, 0.25) is 11.8 Å². The Morgan fingerprint density at radius 1 is 1.43 bits per heavy atom. The summed E-state index contributed by atoms with van der Waals surface area (Å²) >= 11 is 6.02. The molecule has 2 amide bonds. The van der Waals surface area contributed by atoms with E-state index < -0.39 is 6.04 Å². The molecule has 1 fully saturated rings. The van der Waals surface area contributed by atoms with Crippen molar-refractivity contribution < 1.29 is 14.3 Å². The molecule has 5 nitrogen and oxygen atoms in total. The topological polar surface area (TPSA) is 49.9 Å². The van der Waals surface area contributed by atoms with E-state index in [2.05, 4.69) is 0 Å². The van der Waals surface area contributed by atoms with E-state index in [1.54, 1.807) is 28.9 Å². The number of anilines is 1. The highest BCUT2D eigenvalue weighted by atomic mass is 35.5. The number of amides is 2. The number of hydrogen-bond acceptors (Lipinski definition) is 3. The Bertz CT molecular complexity index is 562. The van der Waals surface area contributed by atoms with Crippen LogP contribution in [0.15, 0.2) is 18.2 Å². The van der Waals surface area contributed by atoms with Gasteiger partial charge in [-0.25, -0.2) is 0 Å². The molecule has 1 atom stereocenters. The van der Waals surface area contributed by atoms with E-state index >= 15 is 0 Å². The highest BCUT2D eigenvalue weighted by Gasteiger charge is 2.35. The van der Waals surface area contributed by atoms with Crippen LogP contribution in [-0.2, 0) is 14.3 Å². The van der Waals surface area contributed by atoms with Crippen LogP contribution in [0.1, 0.15) is 12.5 Å². The minimum absolute atomic E-state index is 0.00614. The number of carbonyl (C=O) groups excluding carboxylic acids is 2. The summed E-state index contributed by atoms with van der Waals surface area (Å²) in [7, 11) is 1.47. The second kappa shape index (κ2) is 6.45. The molecule has 21 heavy (non-hydrogen) atoms. The van der Waals surface area contributed by atoms with Crippen molar-refractivity contribution in [2.75, 3.05) is 31.7 Å². The van der Waals surface area contributed by atoms with Gasteiger partial charge in [0.05, 0.1) is 0 Å². The largest absolute Gasteiger partial charge is 0.375 e. The van der Waals surface area contributed by atoms with E-state index in [9.17, 15) is 9.59 Å². The smallest absolute Gasteiger partial charge is 0.249 e. The van der Waals surface area contributed by atoms with E-state index in [0.29, 0.717) is 18.1 Å². The van der Waals surface area contributed by atoms with Crippen LogP contribution in [0.4, 0.5) is 5.69 Å². The minimum atomic E-state index is -0.500. The van der Waals surface area contributed by atoms with Crippen molar-refractivity contribution in [3.8, 4) is 0 Å². The summed E-state index contributed by atoms with van der Waals surface area (Å²) in [5.41, 5.74) is 1.79. The number of ether oxygens (including phenoxy) is 1. The first kappa shape index (κ1) is 15.8. The molecule has 0 bridgehead atoms. The molecule has 1 aliphatic heterocycles. The third-order valence-electron chi connectivity index (χ3n) is 3.71. The van der Waals surface area contributed by atoms with Crippen LogP contribution >= 0.6 is 11.6 Å². The average molecular weight is 311 g/mol.